The predicted molar refractivity (Wildman–Crippen MR) is 120 cm³/mol. The highest BCUT2D eigenvalue weighted by atomic mass is 32.1. The minimum atomic E-state index is -0.419. The quantitative estimate of drug-likeness (QED) is 0.493. The highest BCUT2D eigenvalue weighted by molar-refractivity contribution is 7.80. The summed E-state index contributed by atoms with van der Waals surface area (Å²) >= 11 is 6.76. The van der Waals surface area contributed by atoms with Gasteiger partial charge >= 0.3 is 5.97 Å². The standard InChI is InChI=1S/C21H24N2O5S2/c1-3-27-20(25)18-13-8-4-7-11-16(13)30-19(18)23-21(29)22-17(24)12-28-15-10-6-5-9-14(15)26-2/h5-6,9-10H,3-4,7-8,11-12H2,1-2H3,(H2,22,23,24,29). The number of rotatable bonds is 7. The SMILES string of the molecule is CCOC(=O)c1c(NC(=S)NC(=O)COc2ccccc2OC)sc2c1CCCC2. The molecule has 1 heterocycles. The van der Waals surface area contributed by atoms with Crippen molar-refractivity contribution in [3.63, 3.8) is 0 Å². The van der Waals surface area contributed by atoms with Crippen LogP contribution >= 0.6 is 23.6 Å². The van der Waals surface area contributed by atoms with E-state index in [0.717, 1.165) is 31.2 Å². The van der Waals surface area contributed by atoms with Crippen LogP contribution in [0.5, 0.6) is 11.5 Å². The molecule has 1 aromatic heterocycles. The van der Waals surface area contributed by atoms with E-state index in [1.165, 1.54) is 23.3 Å². The Bertz CT molecular complexity index is 941. The molecule has 30 heavy (non-hydrogen) atoms. The van der Waals surface area contributed by atoms with Crippen LogP contribution in [0.1, 0.15) is 40.6 Å². The summed E-state index contributed by atoms with van der Waals surface area (Å²) in [6.45, 7) is 1.84. The highest BCUT2D eigenvalue weighted by Crippen LogP contribution is 2.38. The first-order valence-electron chi connectivity index (χ1n) is 9.71. The Kier molecular flexibility index (Phi) is 7.64. The van der Waals surface area contributed by atoms with Crippen molar-refractivity contribution in [2.45, 2.75) is 32.6 Å². The number of aryl methyl sites for hydroxylation is 1. The van der Waals surface area contributed by atoms with Gasteiger partial charge in [-0.3, -0.25) is 10.1 Å². The van der Waals surface area contributed by atoms with Crippen LogP contribution in [0.15, 0.2) is 24.3 Å². The van der Waals surface area contributed by atoms with Gasteiger partial charge in [0.2, 0.25) is 0 Å². The van der Waals surface area contributed by atoms with Crippen molar-refractivity contribution in [3.8, 4) is 11.5 Å². The number of carbonyl (C=O) groups excluding carboxylic acids is 2. The summed E-state index contributed by atoms with van der Waals surface area (Å²) in [5.74, 6) is 0.212. The molecule has 9 heteroatoms. The molecular formula is C21H24N2O5S2. The minimum Gasteiger partial charge on any atom is -0.493 e. The molecule has 0 aliphatic heterocycles. The molecule has 160 valence electrons. The van der Waals surface area contributed by atoms with Crippen LogP contribution < -0.4 is 20.1 Å². The molecule has 0 unspecified atom stereocenters. The molecule has 0 atom stereocenters. The fourth-order valence-corrected chi connectivity index (χ4v) is 4.81. The fourth-order valence-electron chi connectivity index (χ4n) is 3.25. The number of benzene rings is 1. The van der Waals surface area contributed by atoms with Crippen LogP contribution in [0.3, 0.4) is 0 Å². The number of fused-ring (bicyclic) bond motifs is 1. The summed E-state index contributed by atoms with van der Waals surface area (Å²) in [7, 11) is 1.53. The fraction of sp³-hybridized carbons (Fsp3) is 0.381. The highest BCUT2D eigenvalue weighted by Gasteiger charge is 2.27. The predicted octanol–water partition coefficient (Wildman–Crippen LogP) is 3.70. The number of nitrogens with one attached hydrogen (secondary N) is 2. The zero-order valence-corrected chi connectivity index (χ0v) is 18.5. The van der Waals surface area contributed by atoms with Gasteiger partial charge in [0.05, 0.1) is 19.3 Å². The van der Waals surface area contributed by atoms with Gasteiger partial charge in [0.1, 0.15) is 5.00 Å². The third kappa shape index (κ3) is 5.28. The van der Waals surface area contributed by atoms with Gasteiger partial charge < -0.3 is 19.5 Å². The second-order valence-electron chi connectivity index (χ2n) is 6.58. The average Bonchev–Trinajstić information content (AvgIpc) is 3.10. The lowest BCUT2D eigenvalue weighted by Gasteiger charge is -2.13. The third-order valence-electron chi connectivity index (χ3n) is 4.56. The maximum Gasteiger partial charge on any atom is 0.341 e. The molecule has 2 N–H and O–H groups in total. The largest absolute Gasteiger partial charge is 0.493 e. The van der Waals surface area contributed by atoms with Crippen LogP contribution in [-0.4, -0.2) is 37.3 Å². The number of hydrogen-bond acceptors (Lipinski definition) is 7. The van der Waals surface area contributed by atoms with E-state index in [2.05, 4.69) is 10.6 Å². The number of amides is 1. The first-order valence-corrected chi connectivity index (χ1v) is 10.9. The zero-order valence-electron chi connectivity index (χ0n) is 16.9. The normalized spacial score (nSPS) is 12.5. The Labute approximate surface area is 184 Å². The Morgan fingerprint density at radius 2 is 1.90 bits per heavy atom. The van der Waals surface area contributed by atoms with Gasteiger partial charge in [0, 0.05) is 4.88 Å². The Hall–Kier alpha value is -2.65. The van der Waals surface area contributed by atoms with Gasteiger partial charge in [-0.25, -0.2) is 4.79 Å². The van der Waals surface area contributed by atoms with E-state index in [-0.39, 0.29) is 17.7 Å². The van der Waals surface area contributed by atoms with E-state index in [1.807, 2.05) is 6.07 Å². The zero-order chi connectivity index (χ0) is 21.5. The van der Waals surface area contributed by atoms with E-state index < -0.39 is 5.91 Å². The number of carbonyl (C=O) groups is 2. The number of methoxy groups -OCH3 is 1. The van der Waals surface area contributed by atoms with Gasteiger partial charge in [0.15, 0.2) is 23.2 Å². The molecule has 0 saturated heterocycles. The molecule has 7 nitrogen and oxygen atoms in total. The Morgan fingerprint density at radius 1 is 1.17 bits per heavy atom. The number of esters is 1. The molecule has 2 aromatic rings. The van der Waals surface area contributed by atoms with Crippen molar-refractivity contribution in [2.24, 2.45) is 0 Å². The lowest BCUT2D eigenvalue weighted by molar-refractivity contribution is -0.121. The second kappa shape index (κ2) is 10.4. The summed E-state index contributed by atoms with van der Waals surface area (Å²) in [4.78, 5) is 25.9. The van der Waals surface area contributed by atoms with Crippen molar-refractivity contribution in [1.82, 2.24) is 5.32 Å². The molecule has 0 fully saturated rings. The van der Waals surface area contributed by atoms with Gasteiger partial charge in [-0.1, -0.05) is 12.1 Å². The van der Waals surface area contributed by atoms with E-state index in [9.17, 15) is 9.59 Å². The Morgan fingerprint density at radius 3 is 2.63 bits per heavy atom. The summed E-state index contributed by atoms with van der Waals surface area (Å²) in [6, 6.07) is 7.06. The average molecular weight is 449 g/mol. The monoisotopic (exact) mass is 448 g/mol. The summed E-state index contributed by atoms with van der Waals surface area (Å²) in [5, 5.41) is 6.29. The molecule has 0 radical (unpaired) electrons. The molecule has 3 rings (SSSR count). The first-order chi connectivity index (χ1) is 14.5. The molecule has 1 aliphatic rings. The third-order valence-corrected chi connectivity index (χ3v) is 5.97. The van der Waals surface area contributed by atoms with Gasteiger partial charge in [0.25, 0.3) is 5.91 Å². The van der Waals surface area contributed by atoms with Gasteiger partial charge in [-0.2, -0.15) is 0 Å². The van der Waals surface area contributed by atoms with Crippen LogP contribution in [0.4, 0.5) is 5.00 Å². The summed E-state index contributed by atoms with van der Waals surface area (Å²) in [6.07, 6.45) is 3.90. The van der Waals surface area contributed by atoms with Crippen molar-refractivity contribution < 1.29 is 23.8 Å². The second-order valence-corrected chi connectivity index (χ2v) is 8.09. The van der Waals surface area contributed by atoms with Crippen molar-refractivity contribution in [1.29, 1.82) is 0 Å². The number of anilines is 1. The first kappa shape index (κ1) is 22.0. The topological polar surface area (TPSA) is 85.9 Å². The van der Waals surface area contributed by atoms with Gasteiger partial charge in [-0.05, 0) is 62.5 Å². The Balaban J connectivity index is 1.63. The lowest BCUT2D eigenvalue weighted by Crippen LogP contribution is -2.37. The van der Waals surface area contributed by atoms with Crippen molar-refractivity contribution >= 4 is 45.5 Å². The van der Waals surface area contributed by atoms with Crippen molar-refractivity contribution in [3.05, 3.63) is 40.3 Å². The summed E-state index contributed by atoms with van der Waals surface area (Å²) < 4.78 is 15.9. The molecule has 0 spiro atoms. The maximum absolute atomic E-state index is 12.5. The molecular weight excluding hydrogens is 424 g/mol. The van der Waals surface area contributed by atoms with Gasteiger partial charge in [-0.15, -0.1) is 11.3 Å². The summed E-state index contributed by atoms with van der Waals surface area (Å²) in [5.41, 5.74) is 1.55. The smallest absolute Gasteiger partial charge is 0.341 e. The lowest BCUT2D eigenvalue weighted by atomic mass is 9.95. The van der Waals surface area contributed by atoms with Crippen LogP contribution in [0.2, 0.25) is 0 Å². The number of ether oxygens (including phenoxy) is 3. The number of thiophene rings is 1. The molecule has 0 bridgehead atoms. The molecule has 1 aliphatic carbocycles. The number of thiocarbonyl (C=S) groups is 1. The number of para-hydroxylation sites is 2. The molecule has 0 saturated carbocycles. The number of hydrogen-bond donors (Lipinski definition) is 2. The van der Waals surface area contributed by atoms with Crippen LogP contribution in [-0.2, 0) is 22.4 Å². The maximum atomic E-state index is 12.5. The van der Waals surface area contributed by atoms with E-state index in [4.69, 9.17) is 26.4 Å². The molecule has 1 amide bonds. The van der Waals surface area contributed by atoms with E-state index >= 15 is 0 Å². The van der Waals surface area contributed by atoms with E-state index in [1.54, 1.807) is 25.1 Å². The van der Waals surface area contributed by atoms with Crippen LogP contribution in [0, 0.1) is 0 Å². The van der Waals surface area contributed by atoms with E-state index in [0.29, 0.717) is 28.7 Å². The molecule has 1 aromatic carbocycles. The van der Waals surface area contributed by atoms with Crippen molar-refractivity contribution in [2.75, 3.05) is 25.6 Å². The van der Waals surface area contributed by atoms with Crippen LogP contribution in [0.25, 0.3) is 0 Å². The minimum absolute atomic E-state index is 0.104.